The summed E-state index contributed by atoms with van der Waals surface area (Å²) in [6.45, 7) is 3.99. The van der Waals surface area contributed by atoms with E-state index in [0.717, 1.165) is 12.0 Å². The van der Waals surface area contributed by atoms with Crippen LogP contribution < -0.4 is 4.74 Å². The van der Waals surface area contributed by atoms with E-state index in [4.69, 9.17) is 9.47 Å². The van der Waals surface area contributed by atoms with Gasteiger partial charge < -0.3 is 9.47 Å². The molecule has 2 aromatic carbocycles. The molecule has 1 amide bonds. The lowest BCUT2D eigenvalue weighted by Gasteiger charge is -2.16. The quantitative estimate of drug-likeness (QED) is 0.479. The molecule has 2 atom stereocenters. The molecule has 1 aliphatic heterocycles. The molecule has 1 fully saturated rings. The number of esters is 1. The largest absolute Gasteiger partial charge is 0.465 e. The Hall–Kier alpha value is -2.86. The summed E-state index contributed by atoms with van der Waals surface area (Å²) in [5, 5.41) is 10.4. The summed E-state index contributed by atoms with van der Waals surface area (Å²) in [5.41, 5.74) is 1.96. The first-order valence-electron chi connectivity index (χ1n) is 9.07. The van der Waals surface area contributed by atoms with Gasteiger partial charge in [-0.1, -0.05) is 31.2 Å². The van der Waals surface area contributed by atoms with Crippen molar-refractivity contribution in [2.45, 2.75) is 26.2 Å². The lowest BCUT2D eigenvalue weighted by molar-refractivity contribution is -0.165. The highest BCUT2D eigenvalue weighted by Gasteiger charge is 2.46. The molecule has 0 radical (unpaired) electrons. The van der Waals surface area contributed by atoms with E-state index in [9.17, 15) is 14.8 Å². The number of carbonyl (C=O) groups excluding carboxylic acids is 2. The Bertz CT molecular complexity index is 818. The maximum Gasteiger partial charge on any atom is 0.319 e. The van der Waals surface area contributed by atoms with Crippen molar-refractivity contribution in [2.24, 2.45) is 5.92 Å². The van der Waals surface area contributed by atoms with Gasteiger partial charge in [0.25, 0.3) is 5.91 Å². The third-order valence-corrected chi connectivity index (χ3v) is 4.69. The maximum absolute atomic E-state index is 12.2. The van der Waals surface area contributed by atoms with Crippen molar-refractivity contribution in [1.82, 2.24) is 5.06 Å². The topological polar surface area (TPSA) is 76.1 Å². The number of hydrogen-bond acceptors (Lipinski definition) is 5. The summed E-state index contributed by atoms with van der Waals surface area (Å²) in [6, 6.07) is 15.0. The lowest BCUT2D eigenvalue weighted by atomic mass is 9.88. The van der Waals surface area contributed by atoms with Gasteiger partial charge >= 0.3 is 5.97 Å². The Morgan fingerprint density at radius 3 is 2.56 bits per heavy atom. The number of ether oxygens (including phenoxy) is 2. The molecule has 0 spiro atoms. The summed E-state index contributed by atoms with van der Waals surface area (Å²) >= 11 is 0. The number of benzene rings is 2. The number of nitrogens with zero attached hydrogens (tertiary/aromatic N) is 1. The monoisotopic (exact) mass is 369 g/mol. The summed E-state index contributed by atoms with van der Waals surface area (Å²) in [7, 11) is 0. The van der Waals surface area contributed by atoms with Gasteiger partial charge in [-0.25, -0.2) is 5.06 Å². The molecule has 0 aromatic heterocycles. The van der Waals surface area contributed by atoms with Crippen LogP contribution in [-0.4, -0.2) is 35.3 Å². The van der Waals surface area contributed by atoms with Crippen LogP contribution in [0.1, 0.15) is 30.9 Å². The van der Waals surface area contributed by atoms with E-state index >= 15 is 0 Å². The minimum atomic E-state index is -1.05. The highest BCUT2D eigenvalue weighted by atomic mass is 16.5. The first-order chi connectivity index (χ1) is 13.0. The third kappa shape index (κ3) is 4.11. The zero-order valence-electron chi connectivity index (χ0n) is 15.4. The number of hydroxylamine groups is 2. The van der Waals surface area contributed by atoms with E-state index in [-0.39, 0.29) is 13.2 Å². The second-order valence-electron chi connectivity index (χ2n) is 6.43. The van der Waals surface area contributed by atoms with Crippen molar-refractivity contribution in [3.05, 3.63) is 59.7 Å². The van der Waals surface area contributed by atoms with Crippen molar-refractivity contribution in [2.75, 3.05) is 13.2 Å². The molecule has 27 heavy (non-hydrogen) atoms. The van der Waals surface area contributed by atoms with E-state index < -0.39 is 23.7 Å². The Labute approximate surface area is 158 Å². The van der Waals surface area contributed by atoms with Gasteiger partial charge in [-0.2, -0.15) is 0 Å². The van der Waals surface area contributed by atoms with E-state index in [2.05, 4.69) is 6.92 Å². The molecule has 0 saturated carbocycles. The number of carbonyl (C=O) groups is 2. The smallest absolute Gasteiger partial charge is 0.319 e. The van der Waals surface area contributed by atoms with Crippen LogP contribution in [0.3, 0.4) is 0 Å². The van der Waals surface area contributed by atoms with Crippen LogP contribution in [-0.2, 0) is 20.7 Å². The molecule has 2 aromatic rings. The van der Waals surface area contributed by atoms with Crippen LogP contribution in [0.5, 0.6) is 11.5 Å². The predicted octanol–water partition coefficient (Wildman–Crippen LogP) is 3.54. The van der Waals surface area contributed by atoms with Crippen LogP contribution in [0.4, 0.5) is 0 Å². The van der Waals surface area contributed by atoms with Crippen molar-refractivity contribution in [1.29, 1.82) is 0 Å². The van der Waals surface area contributed by atoms with E-state index in [1.807, 2.05) is 36.4 Å². The third-order valence-electron chi connectivity index (χ3n) is 4.69. The van der Waals surface area contributed by atoms with Gasteiger partial charge in [-0.15, -0.1) is 0 Å². The average molecular weight is 369 g/mol. The highest BCUT2D eigenvalue weighted by Crippen LogP contribution is 2.36. The van der Waals surface area contributed by atoms with Gasteiger partial charge in [0, 0.05) is 5.92 Å². The van der Waals surface area contributed by atoms with Crippen LogP contribution >= 0.6 is 0 Å². The molecule has 1 heterocycles. The molecule has 0 unspecified atom stereocenters. The Balaban J connectivity index is 1.82. The molecule has 3 rings (SSSR count). The van der Waals surface area contributed by atoms with Gasteiger partial charge in [0.2, 0.25) is 0 Å². The van der Waals surface area contributed by atoms with Gasteiger partial charge in [-0.05, 0) is 48.7 Å². The number of hydrogen-bond donors (Lipinski definition) is 1. The van der Waals surface area contributed by atoms with Crippen LogP contribution in [0.2, 0.25) is 0 Å². The summed E-state index contributed by atoms with van der Waals surface area (Å²) in [4.78, 5) is 24.4. The molecule has 1 N–H and O–H groups in total. The van der Waals surface area contributed by atoms with Gasteiger partial charge in [-0.3, -0.25) is 14.8 Å². The maximum atomic E-state index is 12.2. The fraction of sp³-hybridized carbons (Fsp3) is 0.333. The Morgan fingerprint density at radius 2 is 1.89 bits per heavy atom. The zero-order valence-corrected chi connectivity index (χ0v) is 15.4. The van der Waals surface area contributed by atoms with Gasteiger partial charge in [0.1, 0.15) is 17.4 Å². The Kier molecular flexibility index (Phi) is 5.76. The van der Waals surface area contributed by atoms with Crippen molar-refractivity contribution >= 4 is 11.9 Å². The van der Waals surface area contributed by atoms with E-state index in [0.29, 0.717) is 16.6 Å². The van der Waals surface area contributed by atoms with Gasteiger partial charge in [0.15, 0.2) is 0 Å². The summed E-state index contributed by atoms with van der Waals surface area (Å²) < 4.78 is 10.9. The summed E-state index contributed by atoms with van der Waals surface area (Å²) in [6.07, 6.45) is 0.957. The molecular weight excluding hydrogens is 346 g/mol. The Morgan fingerprint density at radius 1 is 1.15 bits per heavy atom. The minimum Gasteiger partial charge on any atom is -0.465 e. The van der Waals surface area contributed by atoms with Crippen LogP contribution in [0, 0.1) is 5.92 Å². The summed E-state index contributed by atoms with van der Waals surface area (Å²) in [5.74, 6) is -1.49. The molecule has 6 nitrogen and oxygen atoms in total. The molecule has 142 valence electrons. The van der Waals surface area contributed by atoms with E-state index in [1.54, 1.807) is 19.1 Å². The lowest BCUT2D eigenvalue weighted by Crippen LogP contribution is -2.30. The molecule has 1 aliphatic rings. The second-order valence-corrected chi connectivity index (χ2v) is 6.43. The predicted molar refractivity (Wildman–Crippen MR) is 98.7 cm³/mol. The highest BCUT2D eigenvalue weighted by molar-refractivity contribution is 6.00. The van der Waals surface area contributed by atoms with Crippen LogP contribution in [0.15, 0.2) is 48.5 Å². The molecular formula is C21H23NO5. The van der Waals surface area contributed by atoms with Crippen molar-refractivity contribution in [3.8, 4) is 11.5 Å². The fourth-order valence-corrected chi connectivity index (χ4v) is 3.25. The SMILES string of the molecule is CCOC(=O)[C@@H]1C(=O)N(O)C[C@@H]1c1cccc(Oc2ccc(CC)cc2)c1. The zero-order chi connectivity index (χ0) is 19.4. The normalized spacial score (nSPS) is 19.2. The molecule has 1 saturated heterocycles. The molecule has 0 bridgehead atoms. The fourth-order valence-electron chi connectivity index (χ4n) is 3.25. The molecule has 6 heteroatoms. The van der Waals surface area contributed by atoms with Gasteiger partial charge in [0.05, 0.1) is 13.2 Å². The second kappa shape index (κ2) is 8.22. The minimum absolute atomic E-state index is 0.0387. The van der Waals surface area contributed by atoms with Crippen molar-refractivity contribution < 1.29 is 24.3 Å². The van der Waals surface area contributed by atoms with Crippen molar-refractivity contribution in [3.63, 3.8) is 0 Å². The first kappa shape index (κ1) is 18.9. The number of amides is 1. The molecule has 0 aliphatic carbocycles. The number of rotatable bonds is 6. The number of aryl methyl sites for hydroxylation is 1. The average Bonchev–Trinajstić information content (AvgIpc) is 2.98. The first-order valence-corrected chi connectivity index (χ1v) is 9.07. The van der Waals surface area contributed by atoms with Crippen LogP contribution in [0.25, 0.3) is 0 Å². The standard InChI is InChI=1S/C21H23NO5/c1-3-14-8-10-16(11-9-14)27-17-7-5-6-15(12-17)18-13-22(25)20(23)19(18)21(24)26-4-2/h5-12,18-19,25H,3-4,13H2,1-2H3/t18-,19+/m1/s1. The van der Waals surface area contributed by atoms with E-state index in [1.165, 1.54) is 5.56 Å².